The molecule has 1 unspecified atom stereocenters. The van der Waals surface area contributed by atoms with Crippen LogP contribution in [-0.4, -0.2) is 21.8 Å². The third kappa shape index (κ3) is 17.9. The fourth-order valence-electron chi connectivity index (χ4n) is 0. The first-order valence-electron chi connectivity index (χ1n) is 0.812. The van der Waals surface area contributed by atoms with E-state index in [1.807, 2.05) is 0 Å². The fraction of sp³-hybridized carbons (Fsp3) is 1.00. The van der Waals surface area contributed by atoms with E-state index in [1.54, 1.807) is 6.66 Å². The van der Waals surface area contributed by atoms with E-state index >= 15 is 0 Å². The van der Waals surface area contributed by atoms with E-state index in [-0.39, 0.29) is 0 Å². The normalized spacial score (nSPS) is 10.8. The van der Waals surface area contributed by atoms with Gasteiger partial charge >= 0.3 is 32.4 Å². The Morgan fingerprint density at radius 2 is 2.00 bits per heavy atom. The van der Waals surface area contributed by atoms with Crippen molar-refractivity contribution < 1.29 is 4.57 Å². The van der Waals surface area contributed by atoms with Gasteiger partial charge in [0.2, 0.25) is 0 Å². The molecular formula is CH3OPSe. The third-order valence-corrected chi connectivity index (χ3v) is 0. The monoisotopic (exact) mass is 142 g/mol. The average molecular weight is 141 g/mol. The molecule has 4 heavy (non-hydrogen) atoms. The summed E-state index contributed by atoms with van der Waals surface area (Å²) in [6.45, 7) is 1.62. The molecule has 0 spiro atoms. The summed E-state index contributed by atoms with van der Waals surface area (Å²) in [5.41, 5.74) is 0. The molecule has 0 saturated heterocycles. The van der Waals surface area contributed by atoms with Gasteiger partial charge in [-0.2, -0.15) is 0 Å². The molecule has 0 aromatic carbocycles. The second-order valence-electron chi connectivity index (χ2n) is 0.440. The molecule has 0 aliphatic rings. The molecule has 0 N–H and O–H groups in total. The van der Waals surface area contributed by atoms with Crippen LogP contribution in [0.2, 0.25) is 0 Å². The van der Waals surface area contributed by atoms with E-state index in [0.29, 0.717) is 0 Å². The number of rotatable bonds is 0. The molecule has 0 aromatic rings. The molecule has 0 saturated carbocycles. The third-order valence-electron chi connectivity index (χ3n) is 0. The zero-order chi connectivity index (χ0) is 3.58. The quantitative estimate of drug-likeness (QED) is 0.355. The van der Waals surface area contributed by atoms with Crippen molar-refractivity contribution >= 4 is 21.1 Å². The van der Waals surface area contributed by atoms with Crippen LogP contribution < -0.4 is 0 Å². The fourth-order valence-corrected chi connectivity index (χ4v) is 0. The van der Waals surface area contributed by atoms with Gasteiger partial charge in [0.25, 0.3) is 0 Å². The van der Waals surface area contributed by atoms with Gasteiger partial charge in [0.15, 0.2) is 0 Å². The van der Waals surface area contributed by atoms with Crippen LogP contribution in [-0.2, 0) is 4.57 Å². The van der Waals surface area contributed by atoms with Gasteiger partial charge in [-0.25, -0.2) is 0 Å². The van der Waals surface area contributed by atoms with Gasteiger partial charge in [-0.15, -0.1) is 0 Å². The Balaban J connectivity index is 3.51. The van der Waals surface area contributed by atoms with E-state index in [0.717, 1.165) is 0 Å². The van der Waals surface area contributed by atoms with Crippen molar-refractivity contribution in [1.82, 2.24) is 0 Å². The van der Waals surface area contributed by atoms with Crippen molar-refractivity contribution in [1.29, 1.82) is 0 Å². The first kappa shape index (κ1) is 4.62. The Hall–Kier alpha value is 0.619. The second kappa shape index (κ2) is 1.90. The molecule has 0 radical (unpaired) electrons. The maximum absolute atomic E-state index is 9.54. The van der Waals surface area contributed by atoms with E-state index < -0.39 is 6.05 Å². The summed E-state index contributed by atoms with van der Waals surface area (Å²) in [6.07, 6.45) is 0. The molecular weight excluding hydrogens is 138 g/mol. The predicted octanol–water partition coefficient (Wildman–Crippen LogP) is 0.527. The Morgan fingerprint density at radius 1 is 2.00 bits per heavy atom. The van der Waals surface area contributed by atoms with Gasteiger partial charge < -0.3 is 0 Å². The molecule has 1 atom stereocenters. The Morgan fingerprint density at radius 3 is 2.00 bits per heavy atom. The molecule has 1 nitrogen and oxygen atoms in total. The SMILES string of the molecule is CP(=O)=[Se]. The van der Waals surface area contributed by atoms with Gasteiger partial charge in [-0.05, 0) is 0 Å². The summed E-state index contributed by atoms with van der Waals surface area (Å²) >= 11 is 2.41. The summed E-state index contributed by atoms with van der Waals surface area (Å²) in [5, 5.41) is 0. The topological polar surface area (TPSA) is 17.1 Å². The molecule has 0 aliphatic heterocycles. The van der Waals surface area contributed by atoms with Crippen LogP contribution in [0.25, 0.3) is 0 Å². The molecule has 3 heteroatoms. The van der Waals surface area contributed by atoms with Crippen molar-refractivity contribution in [2.45, 2.75) is 0 Å². The summed E-state index contributed by atoms with van der Waals surface area (Å²) in [7, 11) is 0. The molecule has 0 aromatic heterocycles. The van der Waals surface area contributed by atoms with Crippen molar-refractivity contribution in [3.8, 4) is 0 Å². The molecule has 0 bridgehead atoms. The predicted molar refractivity (Wildman–Crippen MR) is 19.3 cm³/mol. The Kier molecular flexibility index (Phi) is 2.19. The molecule has 0 amide bonds. The first-order valence-corrected chi connectivity index (χ1v) is 4.74. The molecule has 0 aliphatic carbocycles. The Labute approximate surface area is 33.1 Å². The minimum absolute atomic E-state index is 0.995. The zero-order valence-corrected chi connectivity index (χ0v) is 4.87. The van der Waals surface area contributed by atoms with Crippen LogP contribution in [0.5, 0.6) is 0 Å². The van der Waals surface area contributed by atoms with E-state index in [2.05, 4.69) is 15.1 Å². The van der Waals surface area contributed by atoms with Crippen LogP contribution >= 0.6 is 6.05 Å². The van der Waals surface area contributed by atoms with E-state index in [4.69, 9.17) is 0 Å². The number of hydrogen-bond acceptors (Lipinski definition) is 1. The van der Waals surface area contributed by atoms with Crippen molar-refractivity contribution in [3.05, 3.63) is 0 Å². The van der Waals surface area contributed by atoms with Gasteiger partial charge in [0.1, 0.15) is 0 Å². The van der Waals surface area contributed by atoms with Crippen LogP contribution in [0.15, 0.2) is 0 Å². The van der Waals surface area contributed by atoms with Gasteiger partial charge in [0, 0.05) is 0 Å². The maximum atomic E-state index is 9.54. The summed E-state index contributed by atoms with van der Waals surface area (Å²) in [6, 6.07) is -0.995. The van der Waals surface area contributed by atoms with Gasteiger partial charge in [0.05, 0.1) is 0 Å². The Bertz CT molecular complexity index is 56.4. The van der Waals surface area contributed by atoms with E-state index in [9.17, 15) is 4.57 Å². The summed E-state index contributed by atoms with van der Waals surface area (Å²) in [4.78, 5) is 0. The zero-order valence-electron chi connectivity index (χ0n) is 2.26. The summed E-state index contributed by atoms with van der Waals surface area (Å²) in [5.74, 6) is 0. The van der Waals surface area contributed by atoms with Crippen LogP contribution in [0.1, 0.15) is 0 Å². The summed E-state index contributed by atoms with van der Waals surface area (Å²) < 4.78 is 9.54. The molecule has 0 heterocycles. The molecule has 0 rings (SSSR count). The second-order valence-corrected chi connectivity index (χ2v) is 4.56. The van der Waals surface area contributed by atoms with Gasteiger partial charge in [-0.1, -0.05) is 0 Å². The molecule has 24 valence electrons. The van der Waals surface area contributed by atoms with E-state index in [1.165, 1.54) is 0 Å². The first-order chi connectivity index (χ1) is 1.73. The standard InChI is InChI=1S/CH3OPSe/c1-3(2)4/h1H3. The van der Waals surface area contributed by atoms with Crippen LogP contribution in [0.3, 0.4) is 0 Å². The van der Waals surface area contributed by atoms with Crippen molar-refractivity contribution in [2.75, 3.05) is 6.66 Å². The number of hydrogen-bond donors (Lipinski definition) is 0. The average Bonchev–Trinajstić information content (AvgIpc) is 0.811. The van der Waals surface area contributed by atoms with Crippen LogP contribution in [0.4, 0.5) is 0 Å². The molecule has 0 fully saturated rings. The van der Waals surface area contributed by atoms with Crippen LogP contribution in [0, 0.1) is 0 Å². The van der Waals surface area contributed by atoms with Crippen molar-refractivity contribution in [3.63, 3.8) is 0 Å². The van der Waals surface area contributed by atoms with Crippen molar-refractivity contribution in [2.24, 2.45) is 0 Å². The minimum atomic E-state index is -0.995. The van der Waals surface area contributed by atoms with Gasteiger partial charge in [-0.3, -0.25) is 0 Å².